The molecule has 2 fully saturated rings. The van der Waals surface area contributed by atoms with E-state index in [2.05, 4.69) is 10.6 Å². The number of halogens is 2. The van der Waals surface area contributed by atoms with Crippen LogP contribution in [0.5, 0.6) is 0 Å². The lowest BCUT2D eigenvalue weighted by Crippen LogP contribution is -2.47. The van der Waals surface area contributed by atoms with E-state index in [1.165, 1.54) is 22.5 Å². The average Bonchev–Trinajstić information content (AvgIpc) is 3.51. The first-order valence-corrected chi connectivity index (χ1v) is 15.3. The van der Waals surface area contributed by atoms with Gasteiger partial charge in [-0.05, 0) is 49.6 Å². The van der Waals surface area contributed by atoms with E-state index in [-0.39, 0.29) is 39.9 Å². The molecule has 0 bridgehead atoms. The molecule has 2 aliphatic rings. The average molecular weight is 595 g/mol. The maximum Gasteiger partial charge on any atom is 0.244 e. The van der Waals surface area contributed by atoms with Crippen LogP contribution in [0.4, 0.5) is 0 Å². The number of hydrogen-bond donors (Lipinski definition) is 1. The summed E-state index contributed by atoms with van der Waals surface area (Å²) in [4.78, 5) is 20.4. The summed E-state index contributed by atoms with van der Waals surface area (Å²) in [6.45, 7) is 2.59. The molecule has 5 rings (SSSR count). The lowest BCUT2D eigenvalue weighted by Gasteiger charge is -2.35. The number of aromatic nitrogens is 2. The Hall–Kier alpha value is -2.21. The van der Waals surface area contributed by atoms with Crippen LogP contribution in [0.1, 0.15) is 31.0 Å². The van der Waals surface area contributed by atoms with Crippen LogP contribution in [-0.2, 0) is 26.1 Å². The molecule has 2 aliphatic heterocycles. The molecule has 0 spiro atoms. The quantitative estimate of drug-likeness (QED) is 0.398. The number of imidazole rings is 1. The lowest BCUT2D eigenvalue weighted by molar-refractivity contribution is -0.136. The molecule has 3 atom stereocenters. The number of methoxy groups -OCH3 is 1. The molecule has 0 saturated carbocycles. The Kier molecular flexibility index (Phi) is 8.51. The van der Waals surface area contributed by atoms with Crippen molar-refractivity contribution in [1.29, 1.82) is 0 Å². The van der Waals surface area contributed by atoms with E-state index in [1.54, 1.807) is 7.11 Å². The van der Waals surface area contributed by atoms with Crippen molar-refractivity contribution in [2.75, 3.05) is 39.9 Å². The molecule has 210 valence electrons. The van der Waals surface area contributed by atoms with E-state index in [4.69, 9.17) is 38.7 Å². The number of sulfonamides is 1. The number of para-hydroxylation sites is 2. The lowest BCUT2D eigenvalue weighted by atomic mass is 9.94. The van der Waals surface area contributed by atoms with Crippen molar-refractivity contribution in [3.05, 3.63) is 58.3 Å². The van der Waals surface area contributed by atoms with Gasteiger partial charge in [-0.25, -0.2) is 13.4 Å². The van der Waals surface area contributed by atoms with Gasteiger partial charge in [0.25, 0.3) is 0 Å². The standard InChI is InChI=1S/C27H33Cl2N5O4S/c1-38-13-5-12-34-24-8-3-2-7-23(24)31-26(34)18-6-4-11-32(15-18)27(35)20-16-33(17-22(20)30)39(36,37)25-14-19(28)9-10-21(25)29/h2-3,7-10,14,18,20,22H,4-6,11-13,15-17,30H2,1H3/t18-,20-,22-/m1/s1. The SMILES string of the molecule is COCCCn1c([C@@H]2CCCN(C(=O)[C@@H]3CN(S(=O)(=O)c4cc(Cl)ccc4Cl)C[C@H]3N)C2)nc2ccccc21. The fourth-order valence-corrected chi connectivity index (χ4v) is 7.93. The van der Waals surface area contributed by atoms with Crippen molar-refractivity contribution in [2.45, 2.75) is 42.7 Å². The first kappa shape index (κ1) is 28.3. The fourth-order valence-electron chi connectivity index (χ4n) is 5.69. The summed E-state index contributed by atoms with van der Waals surface area (Å²) in [6, 6.07) is 11.8. The molecule has 0 aliphatic carbocycles. The smallest absolute Gasteiger partial charge is 0.244 e. The zero-order valence-electron chi connectivity index (χ0n) is 21.8. The minimum atomic E-state index is -3.96. The molecule has 0 radical (unpaired) electrons. The Balaban J connectivity index is 1.34. The number of hydrogen-bond acceptors (Lipinski definition) is 6. The number of likely N-dealkylation sites (tertiary alicyclic amines) is 1. The van der Waals surface area contributed by atoms with Gasteiger partial charge in [-0.2, -0.15) is 4.31 Å². The summed E-state index contributed by atoms with van der Waals surface area (Å²) in [6.07, 6.45) is 2.61. The van der Waals surface area contributed by atoms with Gasteiger partial charge in [0, 0.05) is 63.4 Å². The Labute approximate surface area is 238 Å². The highest BCUT2D eigenvalue weighted by Crippen LogP contribution is 2.34. The van der Waals surface area contributed by atoms with Gasteiger partial charge in [0.2, 0.25) is 15.9 Å². The Bertz CT molecular complexity index is 1460. The number of benzene rings is 2. The third-order valence-electron chi connectivity index (χ3n) is 7.67. The second-order valence-electron chi connectivity index (χ2n) is 10.2. The molecular formula is C27H33Cl2N5O4S. The number of carbonyl (C=O) groups excluding carboxylic acids is 1. The first-order chi connectivity index (χ1) is 18.7. The number of fused-ring (bicyclic) bond motifs is 1. The van der Waals surface area contributed by atoms with Crippen LogP contribution in [0, 0.1) is 5.92 Å². The highest BCUT2D eigenvalue weighted by molar-refractivity contribution is 7.89. The van der Waals surface area contributed by atoms with Gasteiger partial charge < -0.3 is 19.9 Å². The molecule has 2 N–H and O–H groups in total. The Morgan fingerprint density at radius 3 is 2.74 bits per heavy atom. The van der Waals surface area contributed by atoms with Crippen molar-refractivity contribution in [3.8, 4) is 0 Å². The van der Waals surface area contributed by atoms with E-state index in [0.717, 1.165) is 42.7 Å². The van der Waals surface area contributed by atoms with Crippen LogP contribution in [0.2, 0.25) is 10.0 Å². The summed E-state index contributed by atoms with van der Waals surface area (Å²) in [5.41, 5.74) is 8.38. The van der Waals surface area contributed by atoms with Gasteiger partial charge in [0.15, 0.2) is 0 Å². The number of nitrogens with zero attached hydrogens (tertiary/aromatic N) is 4. The van der Waals surface area contributed by atoms with Gasteiger partial charge in [-0.1, -0.05) is 35.3 Å². The zero-order chi connectivity index (χ0) is 27.7. The largest absolute Gasteiger partial charge is 0.385 e. The number of aryl methyl sites for hydroxylation is 1. The van der Waals surface area contributed by atoms with Crippen LogP contribution in [0.3, 0.4) is 0 Å². The normalized spacial score (nSPS) is 22.6. The number of nitrogens with two attached hydrogens (primary N) is 1. The van der Waals surface area contributed by atoms with E-state index in [9.17, 15) is 13.2 Å². The van der Waals surface area contributed by atoms with Crippen molar-refractivity contribution >= 4 is 50.2 Å². The summed E-state index contributed by atoms with van der Waals surface area (Å²) in [5, 5.41) is 0.344. The first-order valence-electron chi connectivity index (χ1n) is 13.1. The third kappa shape index (κ3) is 5.68. The van der Waals surface area contributed by atoms with Crippen LogP contribution in [-0.4, -0.2) is 79.0 Å². The van der Waals surface area contributed by atoms with Crippen molar-refractivity contribution in [3.63, 3.8) is 0 Å². The molecule has 1 aromatic heterocycles. The topological polar surface area (TPSA) is 111 Å². The second kappa shape index (κ2) is 11.7. The van der Waals surface area contributed by atoms with Crippen LogP contribution in [0.25, 0.3) is 11.0 Å². The summed E-state index contributed by atoms with van der Waals surface area (Å²) >= 11 is 12.2. The monoisotopic (exact) mass is 593 g/mol. The molecule has 3 aromatic rings. The predicted octanol–water partition coefficient (Wildman–Crippen LogP) is 3.73. The minimum absolute atomic E-state index is 0.00186. The maximum absolute atomic E-state index is 13.7. The second-order valence-corrected chi connectivity index (χ2v) is 13.0. The van der Waals surface area contributed by atoms with Gasteiger partial charge in [-0.15, -0.1) is 0 Å². The molecule has 2 aromatic carbocycles. The van der Waals surface area contributed by atoms with Crippen molar-refractivity contribution < 1.29 is 17.9 Å². The Morgan fingerprint density at radius 2 is 1.95 bits per heavy atom. The summed E-state index contributed by atoms with van der Waals surface area (Å²) < 4.78 is 35.5. The van der Waals surface area contributed by atoms with E-state index >= 15 is 0 Å². The van der Waals surface area contributed by atoms with Crippen LogP contribution >= 0.6 is 23.2 Å². The van der Waals surface area contributed by atoms with Gasteiger partial charge in [0.05, 0.1) is 22.0 Å². The van der Waals surface area contributed by atoms with Crippen molar-refractivity contribution in [1.82, 2.24) is 18.8 Å². The van der Waals surface area contributed by atoms with E-state index in [1.807, 2.05) is 23.1 Å². The number of amides is 1. The highest BCUT2D eigenvalue weighted by atomic mass is 35.5. The number of ether oxygens (including phenoxy) is 1. The van der Waals surface area contributed by atoms with Crippen molar-refractivity contribution in [2.24, 2.45) is 11.7 Å². The van der Waals surface area contributed by atoms with Gasteiger partial charge >= 0.3 is 0 Å². The predicted molar refractivity (Wildman–Crippen MR) is 151 cm³/mol. The molecule has 39 heavy (non-hydrogen) atoms. The number of rotatable bonds is 8. The van der Waals surface area contributed by atoms with Crippen LogP contribution < -0.4 is 5.73 Å². The molecule has 12 heteroatoms. The molecule has 0 unspecified atom stereocenters. The fraction of sp³-hybridized carbons (Fsp3) is 0.481. The molecule has 2 saturated heterocycles. The van der Waals surface area contributed by atoms with Gasteiger partial charge in [0.1, 0.15) is 10.7 Å². The third-order valence-corrected chi connectivity index (χ3v) is 10.2. The number of carbonyl (C=O) groups is 1. The Morgan fingerprint density at radius 1 is 1.15 bits per heavy atom. The highest BCUT2D eigenvalue weighted by Gasteiger charge is 2.44. The van der Waals surface area contributed by atoms with E-state index < -0.39 is 22.0 Å². The molecule has 9 nitrogen and oxygen atoms in total. The van der Waals surface area contributed by atoms with Gasteiger partial charge in [-0.3, -0.25) is 4.79 Å². The molecular weight excluding hydrogens is 561 g/mol. The van der Waals surface area contributed by atoms with E-state index in [0.29, 0.717) is 19.7 Å². The zero-order valence-corrected chi connectivity index (χ0v) is 24.1. The molecule has 1 amide bonds. The van der Waals surface area contributed by atoms with Crippen LogP contribution in [0.15, 0.2) is 47.4 Å². The maximum atomic E-state index is 13.7. The summed E-state index contributed by atoms with van der Waals surface area (Å²) in [7, 11) is -2.27. The minimum Gasteiger partial charge on any atom is -0.385 e. The molecule has 3 heterocycles. The summed E-state index contributed by atoms with van der Waals surface area (Å²) in [5.74, 6) is 0.279. The number of piperidine rings is 1.